The first-order valence-electron chi connectivity index (χ1n) is 10.3. The van der Waals surface area contributed by atoms with Crippen molar-refractivity contribution < 1.29 is 19.1 Å². The van der Waals surface area contributed by atoms with Crippen LogP contribution in [-0.4, -0.2) is 23.1 Å². The summed E-state index contributed by atoms with van der Waals surface area (Å²) in [6.45, 7) is 9.42. The van der Waals surface area contributed by atoms with E-state index in [2.05, 4.69) is 13.5 Å². The molecule has 0 aromatic rings. The first-order chi connectivity index (χ1) is 12.7. The molecule has 0 radical (unpaired) electrons. The Bertz CT molecular complexity index is 762. The molecule has 0 saturated heterocycles. The van der Waals surface area contributed by atoms with Crippen LogP contribution < -0.4 is 0 Å². The number of esters is 1. The number of allylic oxidation sites excluding steroid dienone is 2. The van der Waals surface area contributed by atoms with Gasteiger partial charge in [0, 0.05) is 24.7 Å². The molecule has 0 aliphatic heterocycles. The standard InChI is InChI=1S/C23H30O4/c1-13-11-17(26)12-16-5-6-18-19(21(13)16)7-9-22(4)20(18)8-10-23(22,14(2)24)27-15(3)25/h12,18-21H,1,5-11H2,2-4H3/t18-,19+,20+,21+,22+,23+/m1/s1. The fourth-order valence-electron chi connectivity index (χ4n) is 7.29. The van der Waals surface area contributed by atoms with Crippen molar-refractivity contribution in [1.29, 1.82) is 0 Å². The zero-order chi connectivity index (χ0) is 19.6. The molecular weight excluding hydrogens is 340 g/mol. The van der Waals surface area contributed by atoms with Crippen molar-refractivity contribution in [3.63, 3.8) is 0 Å². The molecule has 146 valence electrons. The summed E-state index contributed by atoms with van der Waals surface area (Å²) in [6, 6.07) is 0. The second-order valence-corrected chi connectivity index (χ2v) is 9.44. The average Bonchev–Trinajstić information content (AvgIpc) is 2.87. The topological polar surface area (TPSA) is 60.4 Å². The van der Waals surface area contributed by atoms with Crippen molar-refractivity contribution >= 4 is 17.5 Å². The Hall–Kier alpha value is -1.71. The summed E-state index contributed by atoms with van der Waals surface area (Å²) in [6.07, 6.45) is 7.81. The molecule has 4 aliphatic carbocycles. The third-order valence-electron chi connectivity index (χ3n) is 8.28. The molecule has 0 amide bonds. The highest BCUT2D eigenvalue weighted by atomic mass is 16.6. The molecule has 0 unspecified atom stereocenters. The van der Waals surface area contributed by atoms with Crippen LogP contribution >= 0.6 is 0 Å². The number of carbonyl (C=O) groups excluding carboxylic acids is 3. The van der Waals surface area contributed by atoms with Gasteiger partial charge in [-0.15, -0.1) is 0 Å². The average molecular weight is 370 g/mol. The number of hydrogen-bond donors (Lipinski definition) is 0. The van der Waals surface area contributed by atoms with Crippen LogP contribution in [0.3, 0.4) is 0 Å². The number of rotatable bonds is 2. The van der Waals surface area contributed by atoms with Gasteiger partial charge in [-0.3, -0.25) is 14.4 Å². The quantitative estimate of drug-likeness (QED) is 0.540. The number of ether oxygens (including phenoxy) is 1. The Balaban J connectivity index is 1.69. The minimum absolute atomic E-state index is 0.00906. The fraction of sp³-hybridized carbons (Fsp3) is 0.696. The summed E-state index contributed by atoms with van der Waals surface area (Å²) in [7, 11) is 0. The summed E-state index contributed by atoms with van der Waals surface area (Å²) in [5, 5.41) is 0. The molecular formula is C23H30O4. The number of fused-ring (bicyclic) bond motifs is 5. The van der Waals surface area contributed by atoms with E-state index in [9.17, 15) is 14.4 Å². The van der Waals surface area contributed by atoms with E-state index >= 15 is 0 Å². The Morgan fingerprint density at radius 3 is 2.56 bits per heavy atom. The minimum atomic E-state index is -0.968. The van der Waals surface area contributed by atoms with Gasteiger partial charge in [0.1, 0.15) is 0 Å². The zero-order valence-corrected chi connectivity index (χ0v) is 16.7. The van der Waals surface area contributed by atoms with Crippen molar-refractivity contribution in [3.8, 4) is 0 Å². The molecule has 4 aliphatic rings. The van der Waals surface area contributed by atoms with Crippen LogP contribution in [0.2, 0.25) is 0 Å². The fourth-order valence-corrected chi connectivity index (χ4v) is 7.29. The van der Waals surface area contributed by atoms with E-state index in [4.69, 9.17) is 4.74 Å². The maximum Gasteiger partial charge on any atom is 0.303 e. The van der Waals surface area contributed by atoms with Gasteiger partial charge in [-0.1, -0.05) is 24.6 Å². The molecule has 0 N–H and O–H groups in total. The van der Waals surface area contributed by atoms with Crippen LogP contribution in [0.1, 0.15) is 65.7 Å². The highest BCUT2D eigenvalue weighted by Crippen LogP contribution is 2.66. The smallest absolute Gasteiger partial charge is 0.303 e. The molecule has 4 heteroatoms. The van der Waals surface area contributed by atoms with Gasteiger partial charge in [0.25, 0.3) is 0 Å². The van der Waals surface area contributed by atoms with Crippen LogP contribution in [-0.2, 0) is 19.1 Å². The van der Waals surface area contributed by atoms with Crippen molar-refractivity contribution in [2.24, 2.45) is 29.1 Å². The molecule has 3 fully saturated rings. The van der Waals surface area contributed by atoms with Crippen LogP contribution in [0.5, 0.6) is 0 Å². The number of ketones is 2. The predicted molar refractivity (Wildman–Crippen MR) is 102 cm³/mol. The Morgan fingerprint density at radius 2 is 1.89 bits per heavy atom. The Labute approximate surface area is 161 Å². The van der Waals surface area contributed by atoms with E-state index in [0.29, 0.717) is 36.5 Å². The molecule has 27 heavy (non-hydrogen) atoms. The lowest BCUT2D eigenvalue weighted by Gasteiger charge is -2.55. The summed E-state index contributed by atoms with van der Waals surface area (Å²) >= 11 is 0. The minimum Gasteiger partial charge on any atom is -0.451 e. The van der Waals surface area contributed by atoms with Gasteiger partial charge in [0.05, 0.1) is 0 Å². The lowest BCUT2D eigenvalue weighted by Crippen LogP contribution is -2.57. The highest BCUT2D eigenvalue weighted by Gasteiger charge is 2.66. The van der Waals surface area contributed by atoms with Crippen molar-refractivity contribution in [2.75, 3.05) is 0 Å². The molecule has 0 spiro atoms. The van der Waals surface area contributed by atoms with E-state index in [1.54, 1.807) is 6.92 Å². The molecule has 0 heterocycles. The van der Waals surface area contributed by atoms with E-state index < -0.39 is 5.60 Å². The molecule has 0 aromatic carbocycles. The summed E-state index contributed by atoms with van der Waals surface area (Å²) in [5.41, 5.74) is 1.09. The van der Waals surface area contributed by atoms with Gasteiger partial charge in [-0.05, 0) is 69.3 Å². The second-order valence-electron chi connectivity index (χ2n) is 9.44. The molecule has 0 bridgehead atoms. The van der Waals surface area contributed by atoms with Gasteiger partial charge < -0.3 is 4.74 Å². The van der Waals surface area contributed by atoms with Crippen molar-refractivity contribution in [2.45, 2.75) is 71.3 Å². The number of hydrogen-bond acceptors (Lipinski definition) is 4. The predicted octanol–water partition coefficient (Wildman–Crippen LogP) is 4.19. The Kier molecular flexibility index (Phi) is 4.25. The lowest BCUT2D eigenvalue weighted by atomic mass is 9.50. The van der Waals surface area contributed by atoms with Crippen LogP contribution in [0.15, 0.2) is 23.8 Å². The maximum absolute atomic E-state index is 12.7. The second kappa shape index (κ2) is 6.15. The number of Topliss-reactive ketones (excluding diaryl/α,β-unsaturated/α-hetero) is 1. The van der Waals surface area contributed by atoms with E-state index in [1.807, 2.05) is 6.08 Å². The summed E-state index contributed by atoms with van der Waals surface area (Å²) in [5.74, 6) is 1.54. The van der Waals surface area contributed by atoms with Gasteiger partial charge >= 0.3 is 5.97 Å². The zero-order valence-electron chi connectivity index (χ0n) is 16.7. The van der Waals surface area contributed by atoms with Crippen LogP contribution in [0.4, 0.5) is 0 Å². The van der Waals surface area contributed by atoms with E-state index in [0.717, 1.165) is 37.7 Å². The van der Waals surface area contributed by atoms with Gasteiger partial charge in [-0.2, -0.15) is 0 Å². The van der Waals surface area contributed by atoms with E-state index in [1.165, 1.54) is 12.5 Å². The SMILES string of the molecule is C=C1CC(=O)C=C2CC[C@@H]3[C@H](CC[C@@]4(C)[C@H]3CC[C@]4(OC(C)=O)C(C)=O)[C@@H]12. The lowest BCUT2D eigenvalue weighted by molar-refractivity contribution is -0.185. The first kappa shape index (κ1) is 18.6. The summed E-state index contributed by atoms with van der Waals surface area (Å²) in [4.78, 5) is 36.5. The molecule has 4 nitrogen and oxygen atoms in total. The van der Waals surface area contributed by atoms with Gasteiger partial charge in [-0.25, -0.2) is 0 Å². The molecule has 4 rings (SSSR count). The van der Waals surface area contributed by atoms with Crippen LogP contribution in [0, 0.1) is 29.1 Å². The Morgan fingerprint density at radius 1 is 1.15 bits per heavy atom. The molecule has 6 atom stereocenters. The van der Waals surface area contributed by atoms with Gasteiger partial charge in [0.2, 0.25) is 0 Å². The van der Waals surface area contributed by atoms with Gasteiger partial charge in [0.15, 0.2) is 17.2 Å². The summed E-state index contributed by atoms with van der Waals surface area (Å²) < 4.78 is 5.79. The monoisotopic (exact) mass is 370 g/mol. The molecule has 3 saturated carbocycles. The highest BCUT2D eigenvalue weighted by molar-refractivity contribution is 5.94. The maximum atomic E-state index is 12.7. The third kappa shape index (κ3) is 2.51. The normalized spacial score (nSPS) is 43.3. The molecule has 0 aromatic heterocycles. The van der Waals surface area contributed by atoms with Crippen molar-refractivity contribution in [1.82, 2.24) is 0 Å². The largest absolute Gasteiger partial charge is 0.451 e. The third-order valence-corrected chi connectivity index (χ3v) is 8.28. The van der Waals surface area contributed by atoms with Crippen LogP contribution in [0.25, 0.3) is 0 Å². The first-order valence-corrected chi connectivity index (χ1v) is 10.3. The van der Waals surface area contributed by atoms with E-state index in [-0.39, 0.29) is 23.0 Å². The van der Waals surface area contributed by atoms with Crippen molar-refractivity contribution in [3.05, 3.63) is 23.8 Å². The number of carbonyl (C=O) groups is 3.